The van der Waals surface area contributed by atoms with Crippen LogP contribution in [-0.4, -0.2) is 16.6 Å². The van der Waals surface area contributed by atoms with Crippen LogP contribution in [-0.2, 0) is 11.3 Å². The molecule has 1 rings (SSSR count). The smallest absolute Gasteiger partial charge is 0.269 e. The van der Waals surface area contributed by atoms with Gasteiger partial charge < -0.3 is 10.1 Å². The highest BCUT2D eigenvalue weighted by atomic mass is 32.1. The Morgan fingerprint density at radius 3 is 3.00 bits per heavy atom. The average Bonchev–Trinajstić information content (AvgIpc) is 2.27. The molecule has 1 aromatic carbocycles. The Morgan fingerprint density at radius 1 is 1.62 bits per heavy atom. The molecule has 6 heteroatoms. The van der Waals surface area contributed by atoms with Crippen molar-refractivity contribution in [1.29, 1.82) is 0 Å². The predicted octanol–water partition coefficient (Wildman–Crippen LogP) is 2.01. The van der Waals surface area contributed by atoms with Crippen LogP contribution in [0, 0.1) is 10.1 Å². The lowest BCUT2D eigenvalue weighted by Crippen LogP contribution is -2.23. The number of nitro benzene ring substituents is 1. The maximum atomic E-state index is 10.5. The van der Waals surface area contributed by atoms with E-state index in [-0.39, 0.29) is 12.3 Å². The normalized spacial score (nSPS) is 9.56. The average molecular weight is 240 g/mol. The van der Waals surface area contributed by atoms with Gasteiger partial charge in [0.15, 0.2) is 0 Å². The van der Waals surface area contributed by atoms with Gasteiger partial charge in [0.2, 0.25) is 0 Å². The summed E-state index contributed by atoms with van der Waals surface area (Å²) in [5, 5.41) is 13.6. The van der Waals surface area contributed by atoms with Crippen LogP contribution < -0.4 is 5.32 Å². The van der Waals surface area contributed by atoms with Gasteiger partial charge in [0.05, 0.1) is 4.92 Å². The molecule has 0 aromatic heterocycles. The molecule has 16 heavy (non-hydrogen) atoms. The fourth-order valence-corrected chi connectivity index (χ4v) is 1.31. The van der Waals surface area contributed by atoms with E-state index in [9.17, 15) is 10.1 Å². The lowest BCUT2D eigenvalue weighted by molar-refractivity contribution is -0.384. The van der Waals surface area contributed by atoms with E-state index in [1.54, 1.807) is 12.1 Å². The Kier molecular flexibility index (Phi) is 4.65. The number of rotatable bonds is 4. The third-order valence-corrected chi connectivity index (χ3v) is 2.07. The first-order valence-electron chi connectivity index (χ1n) is 4.77. The third kappa shape index (κ3) is 3.82. The number of hydrogen-bond donors (Lipinski definition) is 1. The number of ether oxygens (including phenoxy) is 1. The minimum Gasteiger partial charge on any atom is -0.466 e. The monoisotopic (exact) mass is 240 g/mol. The second-order valence-corrected chi connectivity index (χ2v) is 3.40. The van der Waals surface area contributed by atoms with Crippen LogP contribution in [0.2, 0.25) is 0 Å². The van der Waals surface area contributed by atoms with E-state index in [1.165, 1.54) is 12.1 Å². The van der Waals surface area contributed by atoms with E-state index in [0.717, 1.165) is 5.56 Å². The summed E-state index contributed by atoms with van der Waals surface area (Å²) in [5.74, 6) is 0. The van der Waals surface area contributed by atoms with Gasteiger partial charge in [0.25, 0.3) is 10.9 Å². The highest BCUT2D eigenvalue weighted by Gasteiger charge is 2.06. The first-order valence-corrected chi connectivity index (χ1v) is 5.18. The summed E-state index contributed by atoms with van der Waals surface area (Å²) in [5.41, 5.74) is 0.768. The molecular weight excluding hydrogens is 228 g/mol. The largest absolute Gasteiger partial charge is 0.466 e. The van der Waals surface area contributed by atoms with Crippen molar-refractivity contribution in [2.75, 3.05) is 6.54 Å². The quantitative estimate of drug-likeness (QED) is 0.495. The summed E-state index contributed by atoms with van der Waals surface area (Å²) in [6, 6.07) is 6.27. The predicted molar refractivity (Wildman–Crippen MR) is 64.2 cm³/mol. The molecule has 1 aromatic rings. The number of non-ortho nitro benzene ring substituents is 1. The Morgan fingerprint density at radius 2 is 2.38 bits per heavy atom. The van der Waals surface area contributed by atoms with Crippen LogP contribution in [0.25, 0.3) is 0 Å². The van der Waals surface area contributed by atoms with Crippen LogP contribution in [0.1, 0.15) is 12.5 Å². The van der Waals surface area contributed by atoms with E-state index < -0.39 is 4.92 Å². The molecule has 1 N–H and O–H groups in total. The lowest BCUT2D eigenvalue weighted by Gasteiger charge is -2.07. The van der Waals surface area contributed by atoms with Crippen LogP contribution in [0.5, 0.6) is 0 Å². The zero-order chi connectivity index (χ0) is 12.0. The van der Waals surface area contributed by atoms with Crippen molar-refractivity contribution in [1.82, 2.24) is 5.32 Å². The summed E-state index contributed by atoms with van der Waals surface area (Å²) in [4.78, 5) is 10.1. The van der Waals surface area contributed by atoms with Crippen LogP contribution in [0.3, 0.4) is 0 Å². The van der Waals surface area contributed by atoms with E-state index in [4.69, 9.17) is 17.0 Å². The van der Waals surface area contributed by atoms with Crippen LogP contribution in [0.4, 0.5) is 5.69 Å². The highest BCUT2D eigenvalue weighted by molar-refractivity contribution is 7.80. The van der Waals surface area contributed by atoms with Crippen molar-refractivity contribution in [2.45, 2.75) is 13.5 Å². The number of nitro groups is 1. The topological polar surface area (TPSA) is 64.4 Å². The van der Waals surface area contributed by atoms with Crippen molar-refractivity contribution in [3.8, 4) is 0 Å². The summed E-state index contributed by atoms with van der Waals surface area (Å²) in [6.07, 6.45) is 0. The standard InChI is InChI=1S/C10H12N2O3S/c1-2-11-10(16)15-7-8-4-3-5-9(6-8)12(13)14/h3-6H,2,7H2,1H3,(H,11,16). The number of benzene rings is 1. The molecule has 0 saturated heterocycles. The fourth-order valence-electron chi connectivity index (χ4n) is 1.10. The van der Waals surface area contributed by atoms with E-state index in [2.05, 4.69) is 5.32 Å². The molecular formula is C10H12N2O3S. The molecule has 5 nitrogen and oxygen atoms in total. The molecule has 0 amide bonds. The van der Waals surface area contributed by atoms with E-state index in [0.29, 0.717) is 11.7 Å². The molecule has 0 aliphatic rings. The number of nitrogens with one attached hydrogen (secondary N) is 1. The summed E-state index contributed by atoms with van der Waals surface area (Å²) in [6.45, 7) is 2.82. The second-order valence-electron chi connectivity index (χ2n) is 3.03. The Balaban J connectivity index is 2.57. The number of thiocarbonyl (C=S) groups is 1. The first-order chi connectivity index (χ1) is 7.63. The summed E-state index contributed by atoms with van der Waals surface area (Å²) < 4.78 is 5.20. The van der Waals surface area contributed by atoms with Crippen molar-refractivity contribution in [3.63, 3.8) is 0 Å². The second kappa shape index (κ2) is 6.02. The lowest BCUT2D eigenvalue weighted by atomic mass is 10.2. The minimum atomic E-state index is -0.438. The molecule has 0 atom stereocenters. The molecule has 0 spiro atoms. The van der Waals surface area contributed by atoms with Crippen LogP contribution in [0.15, 0.2) is 24.3 Å². The van der Waals surface area contributed by atoms with Gasteiger partial charge in [-0.2, -0.15) is 0 Å². The minimum absolute atomic E-state index is 0.0514. The Labute approximate surface area is 98.6 Å². The maximum absolute atomic E-state index is 10.5. The van der Waals surface area contributed by atoms with Gasteiger partial charge in [-0.1, -0.05) is 12.1 Å². The van der Waals surface area contributed by atoms with Gasteiger partial charge in [-0.3, -0.25) is 10.1 Å². The third-order valence-electron chi connectivity index (χ3n) is 1.81. The molecule has 0 unspecified atom stereocenters. The molecule has 0 bridgehead atoms. The molecule has 0 radical (unpaired) electrons. The van der Waals surface area contributed by atoms with Gasteiger partial charge in [0, 0.05) is 18.7 Å². The van der Waals surface area contributed by atoms with Crippen molar-refractivity contribution >= 4 is 23.1 Å². The van der Waals surface area contributed by atoms with Gasteiger partial charge in [0.1, 0.15) is 6.61 Å². The molecule has 0 heterocycles. The number of hydrogen-bond acceptors (Lipinski definition) is 4. The van der Waals surface area contributed by atoms with Gasteiger partial charge in [-0.15, -0.1) is 0 Å². The first kappa shape index (κ1) is 12.4. The SMILES string of the molecule is CCNC(=S)OCc1cccc([N+](=O)[O-])c1. The zero-order valence-electron chi connectivity index (χ0n) is 8.80. The maximum Gasteiger partial charge on any atom is 0.269 e. The van der Waals surface area contributed by atoms with Crippen molar-refractivity contribution < 1.29 is 9.66 Å². The molecule has 0 saturated carbocycles. The van der Waals surface area contributed by atoms with E-state index >= 15 is 0 Å². The molecule has 0 fully saturated rings. The number of nitrogens with zero attached hydrogens (tertiary/aromatic N) is 1. The van der Waals surface area contributed by atoms with Crippen molar-refractivity contribution in [2.24, 2.45) is 0 Å². The highest BCUT2D eigenvalue weighted by Crippen LogP contribution is 2.13. The summed E-state index contributed by atoms with van der Waals surface area (Å²) in [7, 11) is 0. The van der Waals surface area contributed by atoms with Gasteiger partial charge >= 0.3 is 0 Å². The van der Waals surface area contributed by atoms with Crippen LogP contribution >= 0.6 is 12.2 Å². The zero-order valence-corrected chi connectivity index (χ0v) is 9.62. The summed E-state index contributed by atoms with van der Waals surface area (Å²) >= 11 is 4.87. The Bertz CT molecular complexity index is 395. The van der Waals surface area contributed by atoms with Gasteiger partial charge in [-0.25, -0.2) is 0 Å². The molecule has 0 aliphatic carbocycles. The van der Waals surface area contributed by atoms with Gasteiger partial charge in [-0.05, 0) is 24.7 Å². The van der Waals surface area contributed by atoms with Crippen molar-refractivity contribution in [3.05, 3.63) is 39.9 Å². The Hall–Kier alpha value is -1.69. The fraction of sp³-hybridized carbons (Fsp3) is 0.300. The molecule has 86 valence electrons. The molecule has 0 aliphatic heterocycles. The van der Waals surface area contributed by atoms with E-state index in [1.807, 2.05) is 6.92 Å².